The van der Waals surface area contributed by atoms with Crippen LogP contribution < -0.4 is 10.1 Å². The van der Waals surface area contributed by atoms with Gasteiger partial charge in [-0.2, -0.15) is 0 Å². The molecule has 1 aromatic rings. The van der Waals surface area contributed by atoms with Crippen molar-refractivity contribution in [3.8, 4) is 5.75 Å². The van der Waals surface area contributed by atoms with E-state index in [0.29, 0.717) is 10.9 Å². The highest BCUT2D eigenvalue weighted by atomic mass is 35.5. The van der Waals surface area contributed by atoms with Crippen LogP contribution in [0.4, 0.5) is 0 Å². The molecule has 0 unspecified atom stereocenters. The zero-order chi connectivity index (χ0) is 13.0. The average Bonchev–Trinajstić information content (AvgIpc) is 2.38. The highest BCUT2D eigenvalue weighted by Gasteiger charge is 2.14. The summed E-state index contributed by atoms with van der Waals surface area (Å²) in [6, 6.07) is 5.86. The van der Waals surface area contributed by atoms with E-state index in [-0.39, 0.29) is 12.4 Å². The van der Waals surface area contributed by atoms with Crippen molar-refractivity contribution >= 4 is 29.6 Å². The minimum atomic E-state index is 0. The molecule has 2 rings (SSSR count). The van der Waals surface area contributed by atoms with Crippen molar-refractivity contribution in [3.63, 3.8) is 0 Å². The lowest BCUT2D eigenvalue weighted by atomic mass is 9.99. The van der Waals surface area contributed by atoms with Gasteiger partial charge in [0.1, 0.15) is 5.75 Å². The molecule has 1 N–H and O–H groups in total. The number of hydrogen-bond donors (Lipinski definition) is 1. The van der Waals surface area contributed by atoms with Crippen molar-refractivity contribution < 1.29 is 4.74 Å². The van der Waals surface area contributed by atoms with Crippen LogP contribution in [0, 0.1) is 5.92 Å². The fourth-order valence-electron chi connectivity index (χ4n) is 2.14. The molecule has 1 aliphatic heterocycles. The zero-order valence-corrected chi connectivity index (χ0v) is 12.8. The van der Waals surface area contributed by atoms with E-state index in [9.17, 15) is 0 Å². The molecule has 1 fully saturated rings. The molecule has 19 heavy (non-hydrogen) atoms. The molecule has 0 radical (unpaired) electrons. The number of piperidine rings is 1. The number of ether oxygens (including phenoxy) is 1. The largest absolute Gasteiger partial charge is 0.492 e. The first-order valence-corrected chi connectivity index (χ1v) is 6.83. The Hall–Kier alpha value is -0.700. The van der Waals surface area contributed by atoms with Gasteiger partial charge in [0.25, 0.3) is 0 Å². The summed E-state index contributed by atoms with van der Waals surface area (Å²) < 4.78 is 5.82. The van der Waals surface area contributed by atoms with E-state index in [1.807, 2.05) is 25.1 Å². The van der Waals surface area contributed by atoms with E-state index in [0.717, 1.165) is 36.6 Å². The van der Waals surface area contributed by atoms with E-state index in [1.54, 1.807) is 0 Å². The number of benzene rings is 1. The van der Waals surface area contributed by atoms with Crippen LogP contribution >= 0.6 is 24.0 Å². The highest BCUT2D eigenvalue weighted by Crippen LogP contribution is 2.28. The molecule has 0 saturated carbocycles. The van der Waals surface area contributed by atoms with Gasteiger partial charge in [-0.15, -0.1) is 12.4 Å². The molecule has 1 saturated heterocycles. The zero-order valence-electron chi connectivity index (χ0n) is 11.2. The van der Waals surface area contributed by atoms with Crippen LogP contribution in [0.2, 0.25) is 5.02 Å². The van der Waals surface area contributed by atoms with Crippen LogP contribution in [0.3, 0.4) is 0 Å². The minimum Gasteiger partial charge on any atom is -0.492 e. The van der Waals surface area contributed by atoms with Crippen molar-refractivity contribution in [2.45, 2.75) is 19.8 Å². The maximum atomic E-state index is 6.21. The molecule has 1 aromatic carbocycles. The molecule has 0 aromatic heterocycles. The Balaban J connectivity index is 0.00000180. The van der Waals surface area contributed by atoms with Gasteiger partial charge in [-0.05, 0) is 56.5 Å². The van der Waals surface area contributed by atoms with E-state index in [1.165, 1.54) is 12.8 Å². The third-order valence-electron chi connectivity index (χ3n) is 3.36. The maximum Gasteiger partial charge on any atom is 0.137 e. The highest BCUT2D eigenvalue weighted by molar-refractivity contribution is 6.32. The molecule has 106 valence electrons. The van der Waals surface area contributed by atoms with Crippen LogP contribution in [0.5, 0.6) is 5.75 Å². The van der Waals surface area contributed by atoms with Gasteiger partial charge in [-0.3, -0.25) is 0 Å². The quantitative estimate of drug-likeness (QED) is 0.901. The second-order valence-corrected chi connectivity index (χ2v) is 5.34. The maximum absolute atomic E-state index is 6.21. The van der Waals surface area contributed by atoms with Crippen LogP contribution in [0.1, 0.15) is 25.3 Å². The Morgan fingerprint density at radius 2 is 2.11 bits per heavy atom. The molecule has 1 aliphatic rings. The molecule has 0 atom stereocenters. The smallest absolute Gasteiger partial charge is 0.137 e. The Kier molecular flexibility index (Phi) is 6.70. The van der Waals surface area contributed by atoms with Gasteiger partial charge in [-0.25, -0.2) is 0 Å². The SMILES string of the molecule is C=C(C)c1ccc(OCC2CCNCC2)c(Cl)c1.Cl. The molecular formula is C15H21Cl2NO. The summed E-state index contributed by atoms with van der Waals surface area (Å²) in [6.45, 7) is 8.83. The van der Waals surface area contributed by atoms with Crippen LogP contribution in [-0.2, 0) is 0 Å². The summed E-state index contributed by atoms with van der Waals surface area (Å²) in [5, 5.41) is 4.02. The Morgan fingerprint density at radius 3 is 2.68 bits per heavy atom. The van der Waals surface area contributed by atoms with Crippen molar-refractivity contribution in [2.24, 2.45) is 5.92 Å². The lowest BCUT2D eigenvalue weighted by Crippen LogP contribution is -2.30. The standard InChI is InChI=1S/C15H20ClNO.ClH/c1-11(2)13-3-4-15(14(16)9-13)18-10-12-5-7-17-8-6-12;/h3-4,9,12,17H,1,5-8,10H2,2H3;1H. The number of halogens is 2. The first-order valence-electron chi connectivity index (χ1n) is 6.46. The van der Waals surface area contributed by atoms with Crippen molar-refractivity contribution in [3.05, 3.63) is 35.4 Å². The molecule has 4 heteroatoms. The monoisotopic (exact) mass is 301 g/mol. The second kappa shape index (κ2) is 7.78. The number of nitrogens with one attached hydrogen (secondary N) is 1. The summed E-state index contributed by atoms with van der Waals surface area (Å²) >= 11 is 6.21. The van der Waals surface area contributed by atoms with Crippen LogP contribution in [-0.4, -0.2) is 19.7 Å². The molecular weight excluding hydrogens is 281 g/mol. The second-order valence-electron chi connectivity index (χ2n) is 4.93. The van der Waals surface area contributed by atoms with Gasteiger partial charge < -0.3 is 10.1 Å². The summed E-state index contributed by atoms with van der Waals surface area (Å²) in [7, 11) is 0. The topological polar surface area (TPSA) is 21.3 Å². The van der Waals surface area contributed by atoms with Gasteiger partial charge in [0.2, 0.25) is 0 Å². The summed E-state index contributed by atoms with van der Waals surface area (Å²) in [5.74, 6) is 1.42. The van der Waals surface area contributed by atoms with E-state index in [2.05, 4.69) is 11.9 Å². The Morgan fingerprint density at radius 1 is 1.42 bits per heavy atom. The molecule has 1 heterocycles. The summed E-state index contributed by atoms with van der Waals surface area (Å²) in [5.41, 5.74) is 2.08. The molecule has 0 spiro atoms. The first-order chi connectivity index (χ1) is 8.66. The third-order valence-corrected chi connectivity index (χ3v) is 3.65. The molecule has 0 aliphatic carbocycles. The molecule has 2 nitrogen and oxygen atoms in total. The lowest BCUT2D eigenvalue weighted by molar-refractivity contribution is 0.215. The van der Waals surface area contributed by atoms with E-state index in [4.69, 9.17) is 16.3 Å². The number of rotatable bonds is 4. The van der Waals surface area contributed by atoms with Crippen molar-refractivity contribution in [1.82, 2.24) is 5.32 Å². The fraction of sp³-hybridized carbons (Fsp3) is 0.467. The number of allylic oxidation sites excluding steroid dienone is 1. The predicted octanol–water partition coefficient (Wildman–Crippen LogP) is 4.17. The van der Waals surface area contributed by atoms with Crippen LogP contribution in [0.15, 0.2) is 24.8 Å². The van der Waals surface area contributed by atoms with Gasteiger partial charge >= 0.3 is 0 Å². The first kappa shape index (κ1) is 16.4. The lowest BCUT2D eigenvalue weighted by Gasteiger charge is -2.23. The van der Waals surface area contributed by atoms with Crippen molar-refractivity contribution in [1.29, 1.82) is 0 Å². The molecule has 0 amide bonds. The van der Waals surface area contributed by atoms with E-state index >= 15 is 0 Å². The minimum absolute atomic E-state index is 0. The van der Waals surface area contributed by atoms with Gasteiger partial charge in [0, 0.05) is 0 Å². The Bertz CT molecular complexity index is 428. The van der Waals surface area contributed by atoms with Gasteiger partial charge in [-0.1, -0.05) is 29.8 Å². The summed E-state index contributed by atoms with van der Waals surface area (Å²) in [6.07, 6.45) is 2.36. The van der Waals surface area contributed by atoms with Gasteiger partial charge in [0.05, 0.1) is 11.6 Å². The average molecular weight is 302 g/mol. The van der Waals surface area contributed by atoms with Gasteiger partial charge in [0.15, 0.2) is 0 Å². The Labute approximate surface area is 126 Å². The third kappa shape index (κ3) is 4.72. The number of hydrogen-bond acceptors (Lipinski definition) is 2. The normalized spacial score (nSPS) is 15.7. The van der Waals surface area contributed by atoms with Crippen LogP contribution in [0.25, 0.3) is 5.57 Å². The fourth-order valence-corrected chi connectivity index (χ4v) is 2.37. The van der Waals surface area contributed by atoms with E-state index < -0.39 is 0 Å². The van der Waals surface area contributed by atoms with Crippen molar-refractivity contribution in [2.75, 3.05) is 19.7 Å². The predicted molar refractivity (Wildman–Crippen MR) is 84.5 cm³/mol. The molecule has 0 bridgehead atoms. The summed E-state index contributed by atoms with van der Waals surface area (Å²) in [4.78, 5) is 0.